The van der Waals surface area contributed by atoms with Crippen molar-refractivity contribution in [3.63, 3.8) is 0 Å². The summed E-state index contributed by atoms with van der Waals surface area (Å²) in [4.78, 5) is 11.5. The molecule has 0 saturated carbocycles. The SMILES string of the molecule is COC(=O)/C(C)=C\C=C(c1ccccc1)c1ccccc1. The fourth-order valence-corrected chi connectivity index (χ4v) is 2.03. The first-order valence-electron chi connectivity index (χ1n) is 6.80. The normalized spacial score (nSPS) is 10.9. The summed E-state index contributed by atoms with van der Waals surface area (Å²) in [5.41, 5.74) is 3.86. The van der Waals surface area contributed by atoms with E-state index >= 15 is 0 Å². The molecule has 0 aliphatic rings. The second-order valence-electron chi connectivity index (χ2n) is 4.65. The van der Waals surface area contributed by atoms with Gasteiger partial charge in [-0.1, -0.05) is 72.8 Å². The van der Waals surface area contributed by atoms with Crippen molar-refractivity contribution in [1.29, 1.82) is 0 Å². The van der Waals surface area contributed by atoms with Crippen LogP contribution in [-0.2, 0) is 9.53 Å². The van der Waals surface area contributed by atoms with Gasteiger partial charge in [-0.2, -0.15) is 0 Å². The first-order chi connectivity index (χ1) is 10.2. The maximum atomic E-state index is 11.5. The van der Waals surface area contributed by atoms with Crippen LogP contribution in [0.4, 0.5) is 0 Å². The molecular formula is C19H18O2. The van der Waals surface area contributed by atoms with Crippen LogP contribution in [0.5, 0.6) is 0 Å². The van der Waals surface area contributed by atoms with Gasteiger partial charge < -0.3 is 4.74 Å². The predicted octanol–water partition coefficient (Wildman–Crippen LogP) is 4.24. The zero-order valence-electron chi connectivity index (χ0n) is 12.2. The average Bonchev–Trinajstić information content (AvgIpc) is 2.56. The minimum atomic E-state index is -0.313. The van der Waals surface area contributed by atoms with Crippen molar-refractivity contribution < 1.29 is 9.53 Å². The van der Waals surface area contributed by atoms with E-state index in [1.807, 2.05) is 42.5 Å². The van der Waals surface area contributed by atoms with Crippen LogP contribution in [0.1, 0.15) is 18.1 Å². The largest absolute Gasteiger partial charge is 0.466 e. The monoisotopic (exact) mass is 278 g/mol. The molecule has 2 rings (SSSR count). The van der Waals surface area contributed by atoms with Gasteiger partial charge in [0.05, 0.1) is 7.11 Å². The van der Waals surface area contributed by atoms with Gasteiger partial charge in [-0.3, -0.25) is 0 Å². The highest BCUT2D eigenvalue weighted by atomic mass is 16.5. The van der Waals surface area contributed by atoms with Crippen LogP contribution in [0.2, 0.25) is 0 Å². The second kappa shape index (κ2) is 7.25. The van der Waals surface area contributed by atoms with Crippen LogP contribution in [0.15, 0.2) is 78.4 Å². The van der Waals surface area contributed by atoms with Crippen LogP contribution in [0, 0.1) is 0 Å². The van der Waals surface area contributed by atoms with E-state index in [-0.39, 0.29) is 5.97 Å². The zero-order valence-corrected chi connectivity index (χ0v) is 12.2. The molecule has 0 heterocycles. The number of methoxy groups -OCH3 is 1. The Morgan fingerprint density at radius 2 is 1.33 bits per heavy atom. The second-order valence-corrected chi connectivity index (χ2v) is 4.65. The summed E-state index contributed by atoms with van der Waals surface area (Å²) >= 11 is 0. The number of carbonyl (C=O) groups is 1. The van der Waals surface area contributed by atoms with E-state index < -0.39 is 0 Å². The highest BCUT2D eigenvalue weighted by Gasteiger charge is 2.05. The molecule has 2 aromatic rings. The Balaban J connectivity index is 2.45. The van der Waals surface area contributed by atoms with Gasteiger partial charge in [0.25, 0.3) is 0 Å². The lowest BCUT2D eigenvalue weighted by Gasteiger charge is -2.07. The Hall–Kier alpha value is -2.61. The summed E-state index contributed by atoms with van der Waals surface area (Å²) in [5, 5.41) is 0. The number of hydrogen-bond acceptors (Lipinski definition) is 2. The number of ether oxygens (including phenoxy) is 1. The summed E-state index contributed by atoms with van der Waals surface area (Å²) < 4.78 is 4.72. The van der Waals surface area contributed by atoms with Gasteiger partial charge in [0, 0.05) is 5.57 Å². The van der Waals surface area contributed by atoms with E-state index in [0.29, 0.717) is 5.57 Å². The molecule has 2 aromatic carbocycles. The van der Waals surface area contributed by atoms with Crippen molar-refractivity contribution in [3.8, 4) is 0 Å². The number of benzene rings is 2. The fraction of sp³-hybridized carbons (Fsp3) is 0.105. The minimum absolute atomic E-state index is 0.313. The van der Waals surface area contributed by atoms with Gasteiger partial charge in [0.2, 0.25) is 0 Å². The Bertz CT molecular complexity index is 611. The lowest BCUT2D eigenvalue weighted by atomic mass is 9.97. The van der Waals surface area contributed by atoms with Crippen molar-refractivity contribution in [3.05, 3.63) is 89.5 Å². The maximum absolute atomic E-state index is 11.5. The third kappa shape index (κ3) is 3.93. The smallest absolute Gasteiger partial charge is 0.333 e. The maximum Gasteiger partial charge on any atom is 0.333 e. The summed E-state index contributed by atoms with van der Waals surface area (Å²) in [7, 11) is 1.39. The molecule has 0 aliphatic carbocycles. The molecule has 0 aromatic heterocycles. The number of allylic oxidation sites excluding steroid dienone is 2. The first kappa shape index (κ1) is 14.8. The van der Waals surface area contributed by atoms with Crippen molar-refractivity contribution in [2.75, 3.05) is 7.11 Å². The van der Waals surface area contributed by atoms with E-state index in [1.54, 1.807) is 13.0 Å². The van der Waals surface area contributed by atoms with Crippen LogP contribution < -0.4 is 0 Å². The summed E-state index contributed by atoms with van der Waals surface area (Å²) in [6.45, 7) is 1.75. The quantitative estimate of drug-likeness (QED) is 0.475. The molecular weight excluding hydrogens is 260 g/mol. The molecule has 0 amide bonds. The topological polar surface area (TPSA) is 26.3 Å². The van der Waals surface area contributed by atoms with Crippen LogP contribution in [0.3, 0.4) is 0 Å². The molecule has 2 heteroatoms. The molecule has 21 heavy (non-hydrogen) atoms. The van der Waals surface area contributed by atoms with Crippen molar-refractivity contribution >= 4 is 11.5 Å². The molecule has 0 N–H and O–H groups in total. The molecule has 0 fully saturated rings. The number of hydrogen-bond donors (Lipinski definition) is 0. The zero-order chi connectivity index (χ0) is 15.1. The van der Waals surface area contributed by atoms with Crippen LogP contribution in [-0.4, -0.2) is 13.1 Å². The van der Waals surface area contributed by atoms with Crippen LogP contribution in [0.25, 0.3) is 5.57 Å². The predicted molar refractivity (Wildman–Crippen MR) is 85.7 cm³/mol. The molecule has 0 bridgehead atoms. The first-order valence-corrected chi connectivity index (χ1v) is 6.80. The lowest BCUT2D eigenvalue weighted by Crippen LogP contribution is -2.00. The average molecular weight is 278 g/mol. The number of rotatable bonds is 4. The third-order valence-corrected chi connectivity index (χ3v) is 3.18. The van der Waals surface area contributed by atoms with Gasteiger partial charge >= 0.3 is 5.97 Å². The minimum Gasteiger partial charge on any atom is -0.466 e. The summed E-state index contributed by atoms with van der Waals surface area (Å²) in [5.74, 6) is -0.313. The van der Waals surface area contributed by atoms with Crippen molar-refractivity contribution in [2.24, 2.45) is 0 Å². The van der Waals surface area contributed by atoms with Gasteiger partial charge in [0.15, 0.2) is 0 Å². The molecule has 0 atom stereocenters. The lowest BCUT2D eigenvalue weighted by molar-refractivity contribution is -0.136. The number of esters is 1. The van der Waals surface area contributed by atoms with Gasteiger partial charge in [0.1, 0.15) is 0 Å². The molecule has 0 aliphatic heterocycles. The molecule has 0 saturated heterocycles. The van der Waals surface area contributed by atoms with Crippen LogP contribution >= 0.6 is 0 Å². The van der Waals surface area contributed by atoms with E-state index in [9.17, 15) is 4.79 Å². The highest BCUT2D eigenvalue weighted by molar-refractivity contribution is 5.89. The highest BCUT2D eigenvalue weighted by Crippen LogP contribution is 2.23. The Kier molecular flexibility index (Phi) is 5.10. The van der Waals surface area contributed by atoms with Crippen molar-refractivity contribution in [2.45, 2.75) is 6.92 Å². The van der Waals surface area contributed by atoms with E-state index in [4.69, 9.17) is 4.74 Å². The van der Waals surface area contributed by atoms with E-state index in [0.717, 1.165) is 16.7 Å². The van der Waals surface area contributed by atoms with Crippen molar-refractivity contribution in [1.82, 2.24) is 0 Å². The standard InChI is InChI=1S/C19H18O2/c1-15(19(20)21-2)13-14-18(16-9-5-3-6-10-16)17-11-7-4-8-12-17/h3-14H,1-2H3/b15-13-. The Morgan fingerprint density at radius 3 is 1.76 bits per heavy atom. The third-order valence-electron chi connectivity index (χ3n) is 3.18. The molecule has 2 nitrogen and oxygen atoms in total. The van der Waals surface area contributed by atoms with Gasteiger partial charge in [-0.05, 0) is 23.6 Å². The molecule has 0 spiro atoms. The number of carbonyl (C=O) groups excluding carboxylic acids is 1. The summed E-state index contributed by atoms with van der Waals surface area (Å²) in [6, 6.07) is 20.2. The van der Waals surface area contributed by atoms with Gasteiger partial charge in [-0.15, -0.1) is 0 Å². The summed E-state index contributed by atoms with van der Waals surface area (Å²) in [6.07, 6.45) is 3.75. The fourth-order valence-electron chi connectivity index (χ4n) is 2.03. The molecule has 0 unspecified atom stereocenters. The van der Waals surface area contributed by atoms with E-state index in [2.05, 4.69) is 24.3 Å². The Labute approximate surface area is 125 Å². The Morgan fingerprint density at radius 1 is 0.857 bits per heavy atom. The molecule has 106 valence electrons. The van der Waals surface area contributed by atoms with E-state index in [1.165, 1.54) is 7.11 Å². The van der Waals surface area contributed by atoms with Gasteiger partial charge in [-0.25, -0.2) is 4.79 Å². The molecule has 0 radical (unpaired) electrons.